The lowest BCUT2D eigenvalue weighted by molar-refractivity contribution is -0.129. The Balaban J connectivity index is 0. The second-order valence-corrected chi connectivity index (χ2v) is 9.38. The Labute approximate surface area is 240 Å². The van der Waals surface area contributed by atoms with Crippen molar-refractivity contribution in [2.45, 2.75) is 73.1 Å². The lowest BCUT2D eigenvalue weighted by Gasteiger charge is -2.11. The fraction of sp³-hybridized carbons (Fsp3) is 0.517. The molecule has 2 N–H and O–H groups in total. The second kappa shape index (κ2) is 23.4. The van der Waals surface area contributed by atoms with E-state index in [0.717, 1.165) is 24.3 Å². The maximum atomic E-state index is 11.9. The van der Waals surface area contributed by atoms with Crippen molar-refractivity contribution in [1.29, 1.82) is 0 Å². The number of halogens is 1. The molecule has 0 aromatic carbocycles. The summed E-state index contributed by atoms with van der Waals surface area (Å²) in [5, 5.41) is 13.6. The Morgan fingerprint density at radius 3 is 2.30 bits per heavy atom. The van der Waals surface area contributed by atoms with Crippen LogP contribution >= 0.6 is 11.3 Å². The number of allylic oxidation sites excluding steroid dienone is 1. The van der Waals surface area contributed by atoms with Gasteiger partial charge in [-0.05, 0) is 37.6 Å². The number of methoxy groups -OCH3 is 1. The van der Waals surface area contributed by atoms with Crippen LogP contribution < -0.4 is 15.7 Å². The second-order valence-electron chi connectivity index (χ2n) is 8.24. The van der Waals surface area contributed by atoms with Crippen LogP contribution in [0.4, 0.5) is 4.39 Å². The first-order valence-electron chi connectivity index (χ1n) is 13.1. The summed E-state index contributed by atoms with van der Waals surface area (Å²) >= 11 is 1.53. The van der Waals surface area contributed by atoms with Gasteiger partial charge in [-0.25, -0.2) is 4.79 Å². The summed E-state index contributed by atoms with van der Waals surface area (Å²) in [6.07, 6.45) is 6.21. The van der Waals surface area contributed by atoms with Crippen molar-refractivity contribution in [2.75, 3.05) is 20.8 Å². The molecule has 1 atom stereocenters. The molecule has 2 aromatic heterocycles. The van der Waals surface area contributed by atoms with E-state index in [0.29, 0.717) is 12.2 Å². The molecule has 9 nitrogen and oxygen atoms in total. The molecular formula is C29H44FNO8S. The van der Waals surface area contributed by atoms with E-state index in [9.17, 15) is 23.9 Å². The van der Waals surface area contributed by atoms with E-state index in [-0.39, 0.29) is 36.2 Å². The number of aryl methyl sites for hydroxylation is 1. The molecule has 11 heteroatoms. The standard InChI is InChI=1S/C16H23NO4.C9H11FO2S.C2H4O2.C2H6/c1-10(2)15(19)14-12(18)9-13(21-16(14)20)11(3)7-5-6-8-17-4;1-2-7-3-4-9(13-7)12-6-5-8(10)11;1-4-2-3;1-2/h6,8-11,17-18H,5,7H2,1-4H3;3-4H,2,5-6H2,1H3;2H,1H3;1-2H3/b8-6+;;;. The number of hydrogen-bond acceptors (Lipinski definition) is 10. The highest BCUT2D eigenvalue weighted by molar-refractivity contribution is 7.13. The number of rotatable bonds is 13. The van der Waals surface area contributed by atoms with Crippen molar-refractivity contribution in [3.05, 3.63) is 57.1 Å². The average molecular weight is 586 g/mol. The molecule has 1 unspecified atom stereocenters. The Kier molecular flexibility index (Phi) is 22.6. The number of Topliss-reactive ketones (excluding diaryl/α,β-unsaturated/α-hetero) is 1. The zero-order valence-electron chi connectivity index (χ0n) is 24.7. The van der Waals surface area contributed by atoms with Crippen LogP contribution in [-0.2, 0) is 20.7 Å². The first-order chi connectivity index (χ1) is 19.0. The smallest absolute Gasteiger partial charge is 0.350 e. The molecule has 0 saturated carbocycles. The van der Waals surface area contributed by atoms with E-state index in [2.05, 4.69) is 17.0 Å². The van der Waals surface area contributed by atoms with Crippen LogP contribution in [0.1, 0.15) is 87.7 Å². The minimum Gasteiger partial charge on any atom is -0.507 e. The van der Waals surface area contributed by atoms with Crippen molar-refractivity contribution in [3.8, 4) is 10.8 Å². The van der Waals surface area contributed by atoms with Gasteiger partial charge in [0.15, 0.2) is 10.8 Å². The van der Waals surface area contributed by atoms with Gasteiger partial charge in [0.1, 0.15) is 17.1 Å². The van der Waals surface area contributed by atoms with Gasteiger partial charge in [-0.2, -0.15) is 4.39 Å². The summed E-state index contributed by atoms with van der Waals surface area (Å²) in [5.74, 6) is -0.687. The number of carbonyl (C=O) groups is 3. The maximum absolute atomic E-state index is 11.9. The lowest BCUT2D eigenvalue weighted by Crippen LogP contribution is -2.19. The van der Waals surface area contributed by atoms with E-state index in [4.69, 9.17) is 13.9 Å². The fourth-order valence-corrected chi connectivity index (χ4v) is 3.62. The Hall–Kier alpha value is -3.47. The van der Waals surface area contributed by atoms with Gasteiger partial charge in [-0.3, -0.25) is 14.4 Å². The summed E-state index contributed by atoms with van der Waals surface area (Å²) in [6, 6.07) is 3.86. The number of ketones is 1. The minimum absolute atomic E-state index is 0.0201. The molecule has 0 aliphatic rings. The fourth-order valence-electron chi connectivity index (χ4n) is 2.80. The molecule has 2 aromatic rings. The highest BCUT2D eigenvalue weighted by atomic mass is 32.1. The Bertz CT molecular complexity index is 1080. The van der Waals surface area contributed by atoms with Crippen molar-refractivity contribution in [1.82, 2.24) is 5.32 Å². The number of ether oxygens (including phenoxy) is 2. The van der Waals surface area contributed by atoms with Crippen LogP contribution in [-0.4, -0.2) is 44.2 Å². The van der Waals surface area contributed by atoms with Crippen LogP contribution in [0.3, 0.4) is 0 Å². The molecule has 40 heavy (non-hydrogen) atoms. The maximum Gasteiger partial charge on any atom is 0.350 e. The molecule has 0 spiro atoms. The van der Waals surface area contributed by atoms with Crippen LogP contribution in [0.25, 0.3) is 0 Å². The molecule has 0 aliphatic heterocycles. The van der Waals surface area contributed by atoms with Crippen LogP contribution in [0, 0.1) is 5.92 Å². The summed E-state index contributed by atoms with van der Waals surface area (Å²) < 4.78 is 26.0. The quantitative estimate of drug-likeness (QED) is 0.160. The molecule has 0 aliphatic carbocycles. The molecule has 226 valence electrons. The van der Waals surface area contributed by atoms with E-state index >= 15 is 0 Å². The zero-order chi connectivity index (χ0) is 31.1. The van der Waals surface area contributed by atoms with Crippen LogP contribution in [0.2, 0.25) is 0 Å². The summed E-state index contributed by atoms with van der Waals surface area (Å²) in [7, 11) is 3.13. The first-order valence-corrected chi connectivity index (χ1v) is 13.9. The third kappa shape index (κ3) is 16.5. The van der Waals surface area contributed by atoms with E-state index in [1.54, 1.807) is 13.8 Å². The van der Waals surface area contributed by atoms with Crippen molar-refractivity contribution in [2.24, 2.45) is 5.92 Å². The van der Waals surface area contributed by atoms with Crippen molar-refractivity contribution < 1.29 is 37.8 Å². The highest BCUT2D eigenvalue weighted by Gasteiger charge is 2.22. The number of carbonyl (C=O) groups excluding carboxylic acids is 3. The third-order valence-corrected chi connectivity index (χ3v) is 6.02. The SMILES string of the molecule is CC.CCc1ccc(OCCC(=O)F)s1.CN/C=C/CCC(C)c1cc(O)c(C(=O)C(C)C)c(=O)o1.COC=O. The molecule has 0 saturated heterocycles. The molecule has 0 radical (unpaired) electrons. The number of aromatic hydroxyl groups is 1. The van der Waals surface area contributed by atoms with Gasteiger partial charge >= 0.3 is 11.7 Å². The highest BCUT2D eigenvalue weighted by Crippen LogP contribution is 2.26. The minimum atomic E-state index is -1.33. The van der Waals surface area contributed by atoms with Gasteiger partial charge in [0.2, 0.25) is 0 Å². The van der Waals surface area contributed by atoms with Gasteiger partial charge in [-0.1, -0.05) is 47.6 Å². The largest absolute Gasteiger partial charge is 0.507 e. The van der Waals surface area contributed by atoms with Crippen molar-refractivity contribution >= 4 is 29.6 Å². The first kappa shape index (κ1) is 38.7. The summed E-state index contributed by atoms with van der Waals surface area (Å²) in [6.45, 7) is 11.8. The normalized spacial score (nSPS) is 10.7. The topological polar surface area (TPSA) is 132 Å². The van der Waals surface area contributed by atoms with E-state index in [1.807, 2.05) is 52.2 Å². The Morgan fingerprint density at radius 1 is 1.23 bits per heavy atom. The summed E-state index contributed by atoms with van der Waals surface area (Å²) in [5.41, 5.74) is -1.02. The van der Waals surface area contributed by atoms with E-state index < -0.39 is 17.4 Å². The van der Waals surface area contributed by atoms with Crippen molar-refractivity contribution in [3.63, 3.8) is 0 Å². The molecule has 0 amide bonds. The van der Waals surface area contributed by atoms with Gasteiger partial charge in [0.05, 0.1) is 20.1 Å². The number of thiophene rings is 1. The molecule has 0 bridgehead atoms. The monoisotopic (exact) mass is 585 g/mol. The van der Waals surface area contributed by atoms with Gasteiger partial charge in [0.25, 0.3) is 6.47 Å². The lowest BCUT2D eigenvalue weighted by atomic mass is 9.99. The predicted molar refractivity (Wildman–Crippen MR) is 156 cm³/mol. The summed E-state index contributed by atoms with van der Waals surface area (Å²) in [4.78, 5) is 43.9. The molecule has 2 heterocycles. The zero-order valence-corrected chi connectivity index (χ0v) is 25.6. The number of nitrogens with one attached hydrogen (secondary N) is 1. The number of hydrogen-bond donors (Lipinski definition) is 2. The molecular weight excluding hydrogens is 541 g/mol. The van der Waals surface area contributed by atoms with Gasteiger partial charge in [-0.15, -0.1) is 11.3 Å². The predicted octanol–water partition coefficient (Wildman–Crippen LogP) is 6.19. The molecule has 2 rings (SSSR count). The van der Waals surface area contributed by atoms with Gasteiger partial charge in [0, 0.05) is 29.8 Å². The van der Waals surface area contributed by atoms with Gasteiger partial charge < -0.3 is 24.3 Å². The van der Waals surface area contributed by atoms with E-state index in [1.165, 1.54) is 29.4 Å². The van der Waals surface area contributed by atoms with Crippen LogP contribution in [0.15, 0.2) is 39.7 Å². The molecule has 0 fully saturated rings. The average Bonchev–Trinajstić information content (AvgIpc) is 3.40. The third-order valence-electron chi connectivity index (χ3n) is 4.88. The Morgan fingerprint density at radius 2 is 1.85 bits per heavy atom. The van der Waals surface area contributed by atoms with Crippen LogP contribution in [0.5, 0.6) is 10.8 Å².